The molecule has 4 heteroatoms. The van der Waals surface area contributed by atoms with Crippen LogP contribution in [-0.2, 0) is 9.57 Å². The van der Waals surface area contributed by atoms with Crippen LogP contribution in [0, 0.1) is 0 Å². The van der Waals surface area contributed by atoms with Gasteiger partial charge in [-0.25, -0.2) is 0 Å². The first-order chi connectivity index (χ1) is 6.34. The van der Waals surface area contributed by atoms with Gasteiger partial charge >= 0.3 is 0 Å². The molecule has 13 heavy (non-hydrogen) atoms. The fourth-order valence-corrected chi connectivity index (χ4v) is 1.85. The third-order valence-electron chi connectivity index (χ3n) is 2.59. The fourth-order valence-electron chi connectivity index (χ4n) is 1.85. The van der Waals surface area contributed by atoms with Gasteiger partial charge in [0, 0.05) is 13.2 Å². The van der Waals surface area contributed by atoms with Gasteiger partial charge in [-0.3, -0.25) is 4.84 Å². The number of β-amino-alcohol motifs (C(OH)–C–C–N with tert-alkyl or cyclic N) is 1. The molecule has 0 aromatic carbocycles. The number of aliphatic hydroxyl groups excluding tert-OH is 1. The molecule has 2 saturated heterocycles. The molecule has 2 unspecified atom stereocenters. The molecule has 2 aliphatic heterocycles. The van der Waals surface area contributed by atoms with E-state index in [0.717, 1.165) is 19.6 Å². The zero-order valence-electron chi connectivity index (χ0n) is 7.82. The molecule has 2 fully saturated rings. The molecule has 0 radical (unpaired) electrons. The molecule has 2 atom stereocenters. The number of hydrogen-bond donors (Lipinski definition) is 1. The van der Waals surface area contributed by atoms with Gasteiger partial charge < -0.3 is 9.84 Å². The van der Waals surface area contributed by atoms with Crippen molar-refractivity contribution >= 4 is 0 Å². The van der Waals surface area contributed by atoms with Crippen molar-refractivity contribution in [2.24, 2.45) is 0 Å². The number of hydrogen-bond acceptors (Lipinski definition) is 4. The second-order valence-electron chi connectivity index (χ2n) is 3.76. The van der Waals surface area contributed by atoms with Crippen molar-refractivity contribution in [1.82, 2.24) is 5.06 Å². The van der Waals surface area contributed by atoms with Crippen LogP contribution < -0.4 is 0 Å². The number of nitrogens with zero attached hydrogens (tertiary/aromatic N) is 1. The lowest BCUT2D eigenvalue weighted by molar-refractivity contribution is -0.115. The largest absolute Gasteiger partial charge is 0.389 e. The Morgan fingerprint density at radius 3 is 3.00 bits per heavy atom. The quantitative estimate of drug-likeness (QED) is 0.683. The zero-order valence-corrected chi connectivity index (χ0v) is 7.82. The number of ether oxygens (including phenoxy) is 1. The van der Waals surface area contributed by atoms with Crippen molar-refractivity contribution in [3.63, 3.8) is 0 Å². The first-order valence-electron chi connectivity index (χ1n) is 5.02. The summed E-state index contributed by atoms with van der Waals surface area (Å²) in [5.41, 5.74) is 0. The van der Waals surface area contributed by atoms with Crippen LogP contribution in [0.5, 0.6) is 0 Å². The predicted octanol–water partition coefficient (Wildman–Crippen LogP) is 0.164. The monoisotopic (exact) mass is 187 g/mol. The Balaban J connectivity index is 1.62. The summed E-state index contributed by atoms with van der Waals surface area (Å²) in [5, 5.41) is 11.0. The summed E-state index contributed by atoms with van der Waals surface area (Å²) in [6.07, 6.45) is 3.50. The molecule has 0 aromatic heterocycles. The summed E-state index contributed by atoms with van der Waals surface area (Å²) in [6, 6.07) is 0. The standard InChI is InChI=1S/C9H17NO3/c11-8-6-10(13-7-8)4-3-9-2-1-5-12-9/h8-9,11H,1-7H2. The fraction of sp³-hybridized carbons (Fsp3) is 1.00. The van der Waals surface area contributed by atoms with Crippen molar-refractivity contribution in [3.8, 4) is 0 Å². The van der Waals surface area contributed by atoms with Gasteiger partial charge in [-0.15, -0.1) is 0 Å². The molecule has 2 aliphatic rings. The highest BCUT2D eigenvalue weighted by Gasteiger charge is 2.23. The third kappa shape index (κ3) is 2.64. The molecule has 0 spiro atoms. The van der Waals surface area contributed by atoms with Crippen LogP contribution in [-0.4, -0.2) is 48.7 Å². The Labute approximate surface area is 78.4 Å². The highest BCUT2D eigenvalue weighted by Crippen LogP contribution is 2.16. The first kappa shape index (κ1) is 9.40. The smallest absolute Gasteiger partial charge is 0.0958 e. The highest BCUT2D eigenvalue weighted by atomic mass is 16.7. The number of hydroxylamine groups is 2. The van der Waals surface area contributed by atoms with Crippen LogP contribution in [0.1, 0.15) is 19.3 Å². The normalized spacial score (nSPS) is 35.8. The van der Waals surface area contributed by atoms with Gasteiger partial charge in [-0.2, -0.15) is 5.06 Å². The minimum Gasteiger partial charge on any atom is -0.389 e. The Kier molecular flexibility index (Phi) is 3.16. The molecule has 0 bridgehead atoms. The van der Waals surface area contributed by atoms with Gasteiger partial charge in [0.05, 0.1) is 25.4 Å². The molecule has 0 amide bonds. The first-order valence-corrected chi connectivity index (χ1v) is 5.02. The van der Waals surface area contributed by atoms with Crippen LogP contribution in [0.2, 0.25) is 0 Å². The van der Waals surface area contributed by atoms with Crippen molar-refractivity contribution in [3.05, 3.63) is 0 Å². The SMILES string of the molecule is OC1CON(CCC2CCCO2)C1. The molecule has 4 nitrogen and oxygen atoms in total. The predicted molar refractivity (Wildman–Crippen MR) is 47.1 cm³/mol. The van der Waals surface area contributed by atoms with E-state index in [9.17, 15) is 5.11 Å². The van der Waals surface area contributed by atoms with Crippen LogP contribution >= 0.6 is 0 Å². The Hall–Kier alpha value is -0.160. The lowest BCUT2D eigenvalue weighted by Gasteiger charge is -2.15. The maximum Gasteiger partial charge on any atom is 0.0958 e. The summed E-state index contributed by atoms with van der Waals surface area (Å²) < 4.78 is 5.49. The molecular weight excluding hydrogens is 170 g/mol. The third-order valence-corrected chi connectivity index (χ3v) is 2.59. The van der Waals surface area contributed by atoms with E-state index in [2.05, 4.69) is 0 Å². The summed E-state index contributed by atoms with van der Waals surface area (Å²) in [4.78, 5) is 5.25. The molecule has 1 N–H and O–H groups in total. The van der Waals surface area contributed by atoms with E-state index in [1.54, 1.807) is 0 Å². The Morgan fingerprint density at radius 2 is 2.38 bits per heavy atom. The minimum absolute atomic E-state index is 0.301. The van der Waals surface area contributed by atoms with Crippen molar-refractivity contribution in [2.75, 3.05) is 26.3 Å². The minimum atomic E-state index is -0.301. The lowest BCUT2D eigenvalue weighted by atomic mass is 10.2. The van der Waals surface area contributed by atoms with Crippen molar-refractivity contribution in [1.29, 1.82) is 0 Å². The van der Waals surface area contributed by atoms with Gasteiger partial charge in [-0.1, -0.05) is 0 Å². The van der Waals surface area contributed by atoms with Gasteiger partial charge in [-0.05, 0) is 19.3 Å². The van der Waals surface area contributed by atoms with Crippen molar-refractivity contribution in [2.45, 2.75) is 31.5 Å². The topological polar surface area (TPSA) is 41.9 Å². The number of rotatable bonds is 3. The summed E-state index contributed by atoms with van der Waals surface area (Å²) in [7, 11) is 0. The van der Waals surface area contributed by atoms with E-state index in [1.807, 2.05) is 5.06 Å². The van der Waals surface area contributed by atoms with E-state index < -0.39 is 0 Å². The molecule has 2 rings (SSSR count). The molecule has 76 valence electrons. The van der Waals surface area contributed by atoms with Crippen molar-refractivity contribution < 1.29 is 14.7 Å². The Bertz CT molecular complexity index is 159. The average molecular weight is 187 g/mol. The van der Waals surface area contributed by atoms with Gasteiger partial charge in [0.2, 0.25) is 0 Å². The van der Waals surface area contributed by atoms with E-state index in [1.165, 1.54) is 12.8 Å². The van der Waals surface area contributed by atoms with Crippen LogP contribution in [0.4, 0.5) is 0 Å². The number of aliphatic hydroxyl groups is 1. The van der Waals surface area contributed by atoms with Crippen LogP contribution in [0.25, 0.3) is 0 Å². The second-order valence-corrected chi connectivity index (χ2v) is 3.76. The van der Waals surface area contributed by atoms with E-state index in [-0.39, 0.29) is 6.10 Å². The van der Waals surface area contributed by atoms with Crippen LogP contribution in [0.15, 0.2) is 0 Å². The zero-order chi connectivity index (χ0) is 9.10. The van der Waals surface area contributed by atoms with E-state index in [4.69, 9.17) is 9.57 Å². The highest BCUT2D eigenvalue weighted by molar-refractivity contribution is 4.69. The van der Waals surface area contributed by atoms with E-state index >= 15 is 0 Å². The second kappa shape index (κ2) is 4.37. The van der Waals surface area contributed by atoms with Gasteiger partial charge in [0.15, 0.2) is 0 Å². The molecule has 0 aliphatic carbocycles. The lowest BCUT2D eigenvalue weighted by Crippen LogP contribution is -2.25. The van der Waals surface area contributed by atoms with Crippen LogP contribution in [0.3, 0.4) is 0 Å². The molecule has 0 aromatic rings. The molecule has 0 saturated carbocycles. The molecular formula is C9H17NO3. The van der Waals surface area contributed by atoms with E-state index in [0.29, 0.717) is 19.3 Å². The van der Waals surface area contributed by atoms with Gasteiger partial charge in [0.25, 0.3) is 0 Å². The maximum absolute atomic E-state index is 9.19. The summed E-state index contributed by atoms with van der Waals surface area (Å²) in [6.45, 7) is 2.88. The Morgan fingerprint density at radius 1 is 1.46 bits per heavy atom. The molecule has 2 heterocycles. The van der Waals surface area contributed by atoms with Gasteiger partial charge in [0.1, 0.15) is 0 Å². The maximum atomic E-state index is 9.19. The summed E-state index contributed by atoms with van der Waals surface area (Å²) in [5.74, 6) is 0. The summed E-state index contributed by atoms with van der Waals surface area (Å²) >= 11 is 0. The average Bonchev–Trinajstić information content (AvgIpc) is 2.71.